The van der Waals surface area contributed by atoms with Crippen LogP contribution in [-0.4, -0.2) is 18.6 Å². The van der Waals surface area contributed by atoms with Crippen LogP contribution in [0.2, 0.25) is 0 Å². The molecule has 1 saturated carbocycles. The largest absolute Gasteiger partial charge is 0.467 e. The molecule has 0 bridgehead atoms. The molecule has 4 heteroatoms. The van der Waals surface area contributed by atoms with E-state index in [9.17, 15) is 4.79 Å². The zero-order valence-corrected chi connectivity index (χ0v) is 22.9. The number of esters is 1. The van der Waals surface area contributed by atoms with Crippen LogP contribution in [0.3, 0.4) is 0 Å². The molecular weight excluding hydrogens is 510 g/mol. The SMILES string of the molecule is COC(=O)C1(Nc2cccc(Br)c2)CCC2(CC1)c1ccccc1CC2CCCc1ccccc1C. The molecule has 2 aliphatic rings. The first-order valence-electron chi connectivity index (χ1n) is 13.2. The van der Waals surface area contributed by atoms with E-state index in [1.54, 1.807) is 0 Å². The molecule has 1 N–H and O–H groups in total. The van der Waals surface area contributed by atoms with Crippen molar-refractivity contribution in [2.45, 2.75) is 69.2 Å². The van der Waals surface area contributed by atoms with Crippen LogP contribution in [0, 0.1) is 12.8 Å². The fourth-order valence-corrected chi connectivity index (χ4v) is 7.29. The molecule has 0 radical (unpaired) electrons. The Balaban J connectivity index is 1.37. The summed E-state index contributed by atoms with van der Waals surface area (Å²) in [6.07, 6.45) is 8.23. The first-order valence-corrected chi connectivity index (χ1v) is 14.0. The number of rotatable bonds is 7. The standard InChI is InChI=1S/C32H36BrNO2/c1-23-9-3-4-10-24(23)12-7-13-26-21-25-11-5-6-16-29(25)31(26)17-19-32(20-18-31,30(35)36-2)34-28-15-8-14-27(33)22-28/h3-6,8-11,14-16,22,26,34H,7,12-13,17-21H2,1-2H3. The number of fused-ring (bicyclic) bond motifs is 2. The zero-order valence-electron chi connectivity index (χ0n) is 21.4. The molecule has 2 aliphatic carbocycles. The van der Waals surface area contributed by atoms with Crippen LogP contribution in [0.5, 0.6) is 0 Å². The second-order valence-corrected chi connectivity index (χ2v) is 11.7. The van der Waals surface area contributed by atoms with Crippen LogP contribution in [0.15, 0.2) is 77.3 Å². The summed E-state index contributed by atoms with van der Waals surface area (Å²) >= 11 is 3.56. The van der Waals surface area contributed by atoms with Crippen molar-refractivity contribution in [1.29, 1.82) is 0 Å². The van der Waals surface area contributed by atoms with Crippen LogP contribution >= 0.6 is 15.9 Å². The molecule has 0 heterocycles. The van der Waals surface area contributed by atoms with E-state index in [1.165, 1.54) is 42.2 Å². The minimum Gasteiger partial charge on any atom is -0.467 e. The van der Waals surface area contributed by atoms with E-state index in [1.807, 2.05) is 24.3 Å². The summed E-state index contributed by atoms with van der Waals surface area (Å²) in [6.45, 7) is 2.22. The maximum absolute atomic E-state index is 13.2. The third kappa shape index (κ3) is 4.72. The number of hydrogen-bond donors (Lipinski definition) is 1. The lowest BCUT2D eigenvalue weighted by atomic mass is 9.60. The Labute approximate surface area is 223 Å². The molecule has 0 aromatic heterocycles. The van der Waals surface area contributed by atoms with Crippen molar-refractivity contribution < 1.29 is 9.53 Å². The summed E-state index contributed by atoms with van der Waals surface area (Å²) in [6, 6.07) is 25.9. The van der Waals surface area contributed by atoms with Gasteiger partial charge in [-0.25, -0.2) is 4.79 Å². The molecule has 3 aromatic carbocycles. The number of halogens is 1. The highest BCUT2D eigenvalue weighted by molar-refractivity contribution is 9.10. The number of ether oxygens (including phenoxy) is 1. The summed E-state index contributed by atoms with van der Waals surface area (Å²) in [7, 11) is 1.51. The smallest absolute Gasteiger partial charge is 0.331 e. The molecule has 0 saturated heterocycles. The van der Waals surface area contributed by atoms with E-state index < -0.39 is 5.54 Å². The molecule has 36 heavy (non-hydrogen) atoms. The van der Waals surface area contributed by atoms with E-state index >= 15 is 0 Å². The topological polar surface area (TPSA) is 38.3 Å². The van der Waals surface area contributed by atoms with Gasteiger partial charge in [0.15, 0.2) is 0 Å². The lowest BCUT2D eigenvalue weighted by molar-refractivity contribution is -0.148. The molecule has 1 fully saturated rings. The summed E-state index contributed by atoms with van der Waals surface area (Å²) in [5, 5.41) is 3.60. The van der Waals surface area contributed by atoms with Crippen molar-refractivity contribution in [3.63, 3.8) is 0 Å². The van der Waals surface area contributed by atoms with Crippen LogP contribution in [0.1, 0.15) is 60.8 Å². The molecule has 3 aromatic rings. The number of carbonyl (C=O) groups excluding carboxylic acids is 1. The molecular formula is C32H36BrNO2. The Morgan fingerprint density at radius 1 is 1.00 bits per heavy atom. The third-order valence-corrected chi connectivity index (χ3v) is 9.33. The Morgan fingerprint density at radius 2 is 1.75 bits per heavy atom. The average Bonchev–Trinajstić information content (AvgIpc) is 3.19. The van der Waals surface area contributed by atoms with Gasteiger partial charge in [-0.15, -0.1) is 0 Å². The van der Waals surface area contributed by atoms with E-state index in [0.29, 0.717) is 5.92 Å². The van der Waals surface area contributed by atoms with Gasteiger partial charge in [0.1, 0.15) is 5.54 Å². The van der Waals surface area contributed by atoms with Crippen molar-refractivity contribution >= 4 is 27.6 Å². The fourth-order valence-electron chi connectivity index (χ4n) is 6.89. The molecule has 0 aliphatic heterocycles. The molecule has 1 unspecified atom stereocenters. The normalized spacial score (nSPS) is 24.9. The average molecular weight is 547 g/mol. The number of anilines is 1. The quantitative estimate of drug-likeness (QED) is 0.308. The van der Waals surface area contributed by atoms with Gasteiger partial charge in [0.05, 0.1) is 7.11 Å². The Hall–Kier alpha value is -2.59. The minimum absolute atomic E-state index is 0.138. The van der Waals surface area contributed by atoms with Crippen molar-refractivity contribution in [2.75, 3.05) is 12.4 Å². The van der Waals surface area contributed by atoms with Gasteiger partial charge < -0.3 is 10.1 Å². The predicted octanol–water partition coefficient (Wildman–Crippen LogP) is 7.79. The first kappa shape index (κ1) is 25.1. The number of hydrogen-bond acceptors (Lipinski definition) is 3. The van der Waals surface area contributed by atoms with Gasteiger partial charge in [-0.1, -0.05) is 70.5 Å². The van der Waals surface area contributed by atoms with E-state index in [-0.39, 0.29) is 11.4 Å². The fraction of sp³-hybridized carbons (Fsp3) is 0.406. The van der Waals surface area contributed by atoms with Gasteiger partial charge in [0, 0.05) is 10.2 Å². The monoisotopic (exact) mass is 545 g/mol. The van der Waals surface area contributed by atoms with Crippen molar-refractivity contribution in [3.8, 4) is 0 Å². The molecule has 5 rings (SSSR count). The van der Waals surface area contributed by atoms with Crippen LogP contribution in [0.4, 0.5) is 5.69 Å². The number of benzene rings is 3. The third-order valence-electron chi connectivity index (χ3n) is 8.84. The Bertz CT molecular complexity index is 1230. The van der Waals surface area contributed by atoms with E-state index in [4.69, 9.17) is 4.74 Å². The number of carbonyl (C=O) groups is 1. The van der Waals surface area contributed by atoms with Crippen LogP contribution in [0.25, 0.3) is 0 Å². The maximum Gasteiger partial charge on any atom is 0.331 e. The molecule has 1 atom stereocenters. The summed E-state index contributed by atoms with van der Waals surface area (Å²) in [4.78, 5) is 13.2. The van der Waals surface area contributed by atoms with E-state index in [0.717, 1.165) is 48.7 Å². The number of nitrogens with one attached hydrogen (secondary N) is 1. The van der Waals surface area contributed by atoms with Crippen LogP contribution in [-0.2, 0) is 27.8 Å². The predicted molar refractivity (Wildman–Crippen MR) is 150 cm³/mol. The molecule has 1 spiro atoms. The van der Waals surface area contributed by atoms with Gasteiger partial charge in [-0.2, -0.15) is 0 Å². The number of aryl methyl sites for hydroxylation is 2. The lowest BCUT2D eigenvalue weighted by Gasteiger charge is -2.47. The van der Waals surface area contributed by atoms with Gasteiger partial charge in [0.25, 0.3) is 0 Å². The maximum atomic E-state index is 13.2. The van der Waals surface area contributed by atoms with Gasteiger partial charge >= 0.3 is 5.97 Å². The lowest BCUT2D eigenvalue weighted by Crippen LogP contribution is -2.53. The van der Waals surface area contributed by atoms with Gasteiger partial charge in [0.2, 0.25) is 0 Å². The van der Waals surface area contributed by atoms with Gasteiger partial charge in [-0.05, 0) is 110 Å². The second kappa shape index (κ2) is 10.4. The van der Waals surface area contributed by atoms with Crippen molar-refractivity contribution in [2.24, 2.45) is 5.92 Å². The molecule has 0 amide bonds. The minimum atomic E-state index is -0.690. The highest BCUT2D eigenvalue weighted by atomic mass is 79.9. The Kier molecular flexibility index (Phi) is 7.25. The second-order valence-electron chi connectivity index (χ2n) is 10.7. The number of methoxy groups -OCH3 is 1. The van der Waals surface area contributed by atoms with Crippen molar-refractivity contribution in [1.82, 2.24) is 0 Å². The van der Waals surface area contributed by atoms with Gasteiger partial charge in [-0.3, -0.25) is 0 Å². The first-order chi connectivity index (χ1) is 17.5. The Morgan fingerprint density at radius 3 is 2.50 bits per heavy atom. The zero-order chi connectivity index (χ0) is 25.2. The summed E-state index contributed by atoms with van der Waals surface area (Å²) in [5.74, 6) is 0.458. The van der Waals surface area contributed by atoms with E-state index in [2.05, 4.69) is 76.7 Å². The molecule has 3 nitrogen and oxygen atoms in total. The van der Waals surface area contributed by atoms with Crippen LogP contribution < -0.4 is 5.32 Å². The van der Waals surface area contributed by atoms with Crippen molar-refractivity contribution in [3.05, 3.63) is 99.5 Å². The highest BCUT2D eigenvalue weighted by Gasteiger charge is 2.53. The highest BCUT2D eigenvalue weighted by Crippen LogP contribution is 2.56. The molecule has 188 valence electrons. The summed E-state index contributed by atoms with van der Waals surface area (Å²) < 4.78 is 6.35. The summed E-state index contributed by atoms with van der Waals surface area (Å²) in [5.41, 5.74) is 6.28.